The highest BCUT2D eigenvalue weighted by Gasteiger charge is 2.48. The van der Waals surface area contributed by atoms with Crippen molar-refractivity contribution in [1.29, 1.82) is 0 Å². The van der Waals surface area contributed by atoms with E-state index in [0.29, 0.717) is 38.8 Å². The van der Waals surface area contributed by atoms with Gasteiger partial charge in [0.25, 0.3) is 5.91 Å². The Labute approximate surface area is 170 Å². The maximum atomic E-state index is 14.1. The van der Waals surface area contributed by atoms with Crippen molar-refractivity contribution >= 4 is 17.8 Å². The highest BCUT2D eigenvalue weighted by Crippen LogP contribution is 2.31. The number of hydrogen-bond donors (Lipinski definition) is 2. The molecule has 1 aromatic carbocycles. The molecule has 156 valence electrons. The number of urea groups is 1. The summed E-state index contributed by atoms with van der Waals surface area (Å²) in [6, 6.07) is 2.93. The molecule has 0 aromatic heterocycles. The van der Waals surface area contributed by atoms with E-state index >= 15 is 0 Å². The fraction of sp³-hybridized carbons (Fsp3) is 0.591. The van der Waals surface area contributed by atoms with E-state index in [2.05, 4.69) is 10.6 Å². The van der Waals surface area contributed by atoms with Crippen LogP contribution in [-0.2, 0) is 28.9 Å². The first-order chi connectivity index (χ1) is 13.9. The summed E-state index contributed by atoms with van der Waals surface area (Å²) in [5.74, 6) is -0.286. The molecule has 2 N–H and O–H groups in total. The van der Waals surface area contributed by atoms with Crippen LogP contribution in [0, 0.1) is 11.7 Å². The zero-order valence-corrected chi connectivity index (χ0v) is 16.9. The molecule has 3 aliphatic rings. The average molecular weight is 401 g/mol. The lowest BCUT2D eigenvalue weighted by Gasteiger charge is -2.38. The molecule has 2 saturated heterocycles. The van der Waals surface area contributed by atoms with E-state index < -0.39 is 11.6 Å². The van der Waals surface area contributed by atoms with Crippen LogP contribution in [0.25, 0.3) is 0 Å². The fourth-order valence-electron chi connectivity index (χ4n) is 5.08. The second kappa shape index (κ2) is 7.76. The maximum absolute atomic E-state index is 14.1. The number of aryl methyl sites for hydroxylation is 1. The zero-order valence-electron chi connectivity index (χ0n) is 16.9. The summed E-state index contributed by atoms with van der Waals surface area (Å²) in [4.78, 5) is 38.2. The van der Waals surface area contributed by atoms with E-state index in [1.54, 1.807) is 6.92 Å². The van der Waals surface area contributed by atoms with Gasteiger partial charge in [-0.3, -0.25) is 14.9 Å². The number of halogens is 1. The van der Waals surface area contributed by atoms with Crippen LogP contribution in [-0.4, -0.2) is 41.4 Å². The molecule has 2 aliphatic heterocycles. The lowest BCUT2D eigenvalue weighted by atomic mass is 9.79. The molecule has 1 atom stereocenters. The number of hydrogen-bond acceptors (Lipinski definition) is 3. The summed E-state index contributed by atoms with van der Waals surface area (Å²) in [6.07, 6.45) is 6.21. The average Bonchev–Trinajstić information content (AvgIpc) is 3.00. The monoisotopic (exact) mass is 401 g/mol. The van der Waals surface area contributed by atoms with Gasteiger partial charge in [0.15, 0.2) is 0 Å². The first-order valence-electron chi connectivity index (χ1n) is 10.6. The minimum Gasteiger partial charge on any atom is -0.343 e. The third kappa shape index (κ3) is 3.74. The number of benzene rings is 1. The molecule has 7 heteroatoms. The minimum absolute atomic E-state index is 0.0158. The van der Waals surface area contributed by atoms with Crippen molar-refractivity contribution in [3.8, 4) is 0 Å². The van der Waals surface area contributed by atoms with Crippen molar-refractivity contribution in [2.75, 3.05) is 13.1 Å². The molecule has 0 spiro atoms. The van der Waals surface area contributed by atoms with Gasteiger partial charge in [0, 0.05) is 19.5 Å². The summed E-state index contributed by atoms with van der Waals surface area (Å²) >= 11 is 0. The first-order valence-corrected chi connectivity index (χ1v) is 10.6. The molecule has 0 saturated carbocycles. The lowest BCUT2D eigenvalue weighted by molar-refractivity contribution is -0.133. The third-order valence-electron chi connectivity index (χ3n) is 6.92. The number of nitrogens with zero attached hydrogens (tertiary/aromatic N) is 1. The summed E-state index contributed by atoms with van der Waals surface area (Å²) < 4.78 is 14.1. The molecule has 6 nitrogen and oxygen atoms in total. The Morgan fingerprint density at radius 1 is 1.17 bits per heavy atom. The van der Waals surface area contributed by atoms with Crippen LogP contribution < -0.4 is 10.6 Å². The smallest absolute Gasteiger partial charge is 0.322 e. The number of likely N-dealkylation sites (tertiary alicyclic amines) is 1. The molecule has 4 rings (SSSR count). The van der Waals surface area contributed by atoms with Gasteiger partial charge in [0.05, 0.1) is 0 Å². The summed E-state index contributed by atoms with van der Waals surface area (Å²) in [5.41, 5.74) is 2.16. The fourth-order valence-corrected chi connectivity index (χ4v) is 5.08. The van der Waals surface area contributed by atoms with Gasteiger partial charge in [-0.25, -0.2) is 9.18 Å². The van der Waals surface area contributed by atoms with Crippen LogP contribution in [0.15, 0.2) is 12.1 Å². The number of fused-ring (bicyclic) bond motifs is 1. The Hall–Kier alpha value is -2.44. The van der Waals surface area contributed by atoms with E-state index in [1.165, 1.54) is 6.07 Å². The molecule has 1 unspecified atom stereocenters. The standard InChI is InChI=1S/C22H28FN3O3/c1-22(20(28)24-21(29)25-22)15-10-12-26(13-11-15)19(27)9-7-14-6-8-18(23)17-5-3-2-4-16(14)17/h6,8,15H,2-5,7,9-13H2,1H3,(H2,24,25,28,29). The second-order valence-corrected chi connectivity index (χ2v) is 8.64. The molecule has 1 aromatic rings. The predicted octanol–water partition coefficient (Wildman–Crippen LogP) is 2.47. The molecule has 29 heavy (non-hydrogen) atoms. The van der Waals surface area contributed by atoms with Gasteiger partial charge in [-0.2, -0.15) is 0 Å². The maximum Gasteiger partial charge on any atom is 0.322 e. The van der Waals surface area contributed by atoms with Crippen molar-refractivity contribution in [3.05, 3.63) is 34.6 Å². The molecule has 0 bridgehead atoms. The van der Waals surface area contributed by atoms with Crippen molar-refractivity contribution in [2.24, 2.45) is 5.92 Å². The van der Waals surface area contributed by atoms with Crippen LogP contribution >= 0.6 is 0 Å². The van der Waals surface area contributed by atoms with Crippen molar-refractivity contribution in [3.63, 3.8) is 0 Å². The Balaban J connectivity index is 1.33. The Morgan fingerprint density at radius 3 is 2.52 bits per heavy atom. The van der Waals surface area contributed by atoms with Crippen LogP contribution in [0.4, 0.5) is 9.18 Å². The van der Waals surface area contributed by atoms with Crippen LogP contribution in [0.5, 0.6) is 0 Å². The van der Waals surface area contributed by atoms with Gasteiger partial charge in [-0.05, 0) is 80.5 Å². The van der Waals surface area contributed by atoms with Crippen LogP contribution in [0.1, 0.15) is 55.7 Å². The number of rotatable bonds is 4. The zero-order chi connectivity index (χ0) is 20.6. The Morgan fingerprint density at radius 2 is 1.86 bits per heavy atom. The quantitative estimate of drug-likeness (QED) is 0.761. The van der Waals surface area contributed by atoms with E-state index in [1.807, 2.05) is 11.0 Å². The van der Waals surface area contributed by atoms with Crippen molar-refractivity contribution in [1.82, 2.24) is 15.5 Å². The third-order valence-corrected chi connectivity index (χ3v) is 6.92. The van der Waals surface area contributed by atoms with Crippen molar-refractivity contribution in [2.45, 2.75) is 63.8 Å². The topological polar surface area (TPSA) is 78.5 Å². The molecular weight excluding hydrogens is 373 g/mol. The number of nitrogens with one attached hydrogen (secondary N) is 2. The predicted molar refractivity (Wildman–Crippen MR) is 106 cm³/mol. The van der Waals surface area contributed by atoms with Crippen LogP contribution in [0.3, 0.4) is 0 Å². The highest BCUT2D eigenvalue weighted by atomic mass is 19.1. The van der Waals surface area contributed by atoms with Gasteiger partial charge in [0.2, 0.25) is 5.91 Å². The van der Waals surface area contributed by atoms with E-state index in [0.717, 1.165) is 42.4 Å². The molecular formula is C22H28FN3O3. The SMILES string of the molecule is CC1(C2CCN(C(=O)CCc3ccc(F)c4c3CCCC4)CC2)NC(=O)NC1=O. The summed E-state index contributed by atoms with van der Waals surface area (Å²) in [7, 11) is 0. The molecule has 4 amide bonds. The van der Waals surface area contributed by atoms with E-state index in [-0.39, 0.29) is 23.5 Å². The van der Waals surface area contributed by atoms with Gasteiger partial charge < -0.3 is 10.2 Å². The van der Waals surface area contributed by atoms with Gasteiger partial charge in [-0.1, -0.05) is 6.07 Å². The van der Waals surface area contributed by atoms with Gasteiger partial charge in [0.1, 0.15) is 11.4 Å². The molecule has 2 fully saturated rings. The lowest BCUT2D eigenvalue weighted by Crippen LogP contribution is -2.54. The Kier molecular flexibility index (Phi) is 5.32. The van der Waals surface area contributed by atoms with Gasteiger partial charge in [-0.15, -0.1) is 0 Å². The normalized spacial score (nSPS) is 24.8. The number of piperidine rings is 1. The number of amides is 4. The molecule has 1 aliphatic carbocycles. The first kappa shape index (κ1) is 19.9. The molecule has 2 heterocycles. The second-order valence-electron chi connectivity index (χ2n) is 8.64. The van der Waals surface area contributed by atoms with E-state index in [4.69, 9.17) is 0 Å². The largest absolute Gasteiger partial charge is 0.343 e. The van der Waals surface area contributed by atoms with Crippen molar-refractivity contribution < 1.29 is 18.8 Å². The number of imide groups is 1. The van der Waals surface area contributed by atoms with E-state index in [9.17, 15) is 18.8 Å². The minimum atomic E-state index is -0.889. The summed E-state index contributed by atoms with van der Waals surface area (Å²) in [5, 5.41) is 5.05. The molecule has 0 radical (unpaired) electrons. The van der Waals surface area contributed by atoms with Gasteiger partial charge >= 0.3 is 6.03 Å². The highest BCUT2D eigenvalue weighted by molar-refractivity contribution is 6.07. The number of carbonyl (C=O) groups excluding carboxylic acids is 3. The summed E-state index contributed by atoms with van der Waals surface area (Å²) in [6.45, 7) is 2.93. The Bertz CT molecular complexity index is 848. The van der Waals surface area contributed by atoms with Crippen LogP contribution in [0.2, 0.25) is 0 Å². The number of carbonyl (C=O) groups is 3.